The Balaban J connectivity index is 3.12. The van der Waals surface area contributed by atoms with E-state index in [1.165, 1.54) is 15.2 Å². The molecule has 0 saturated heterocycles. The molecule has 68 valence electrons. The van der Waals surface area contributed by atoms with E-state index in [2.05, 4.69) is 0 Å². The average Bonchev–Trinajstić information content (AvgIpc) is 2.33. The van der Waals surface area contributed by atoms with Gasteiger partial charge in [-0.2, -0.15) is 0 Å². The number of aryl methyl sites for hydroxylation is 2. The lowest BCUT2D eigenvalue weighted by atomic mass is 10.3. The molecule has 0 bridgehead atoms. The van der Waals surface area contributed by atoms with E-state index in [0.717, 1.165) is 0 Å². The van der Waals surface area contributed by atoms with Gasteiger partial charge >= 0.3 is 5.69 Å². The van der Waals surface area contributed by atoms with E-state index in [1.807, 2.05) is 0 Å². The molecule has 1 aromatic heterocycles. The molecule has 0 spiro atoms. The van der Waals surface area contributed by atoms with Gasteiger partial charge in [0, 0.05) is 14.1 Å². The molecule has 0 aliphatic heterocycles. The zero-order valence-corrected chi connectivity index (χ0v) is 7.41. The number of fused-ring (bicyclic) bond motifs is 1. The Morgan fingerprint density at radius 2 is 1.92 bits per heavy atom. The van der Waals surface area contributed by atoms with E-state index in [0.29, 0.717) is 11.0 Å². The van der Waals surface area contributed by atoms with E-state index in [-0.39, 0.29) is 11.5 Å². The van der Waals surface area contributed by atoms with Crippen molar-refractivity contribution in [3.05, 3.63) is 34.5 Å². The highest BCUT2D eigenvalue weighted by atomic mass is 19.1. The van der Waals surface area contributed by atoms with Gasteiger partial charge in [-0.1, -0.05) is 6.07 Å². The SMILES string of the molecule is Cn1c(=O)n(C)c2c(F)cccc21. The van der Waals surface area contributed by atoms with Gasteiger partial charge in [-0.3, -0.25) is 9.13 Å². The number of imidazole rings is 1. The number of hydrogen-bond donors (Lipinski definition) is 0. The van der Waals surface area contributed by atoms with Crippen molar-refractivity contribution in [1.29, 1.82) is 0 Å². The van der Waals surface area contributed by atoms with Crippen molar-refractivity contribution in [3.8, 4) is 0 Å². The van der Waals surface area contributed by atoms with Crippen LogP contribution in [-0.2, 0) is 14.1 Å². The molecular formula is C9H9FN2O. The molecule has 0 unspecified atom stereocenters. The highest BCUT2D eigenvalue weighted by Gasteiger charge is 2.10. The highest BCUT2D eigenvalue weighted by molar-refractivity contribution is 5.76. The zero-order valence-electron chi connectivity index (χ0n) is 7.41. The number of aromatic nitrogens is 2. The summed E-state index contributed by atoms with van der Waals surface area (Å²) in [4.78, 5) is 11.4. The first kappa shape index (κ1) is 8.04. The molecule has 3 nitrogen and oxygen atoms in total. The lowest BCUT2D eigenvalue weighted by Gasteiger charge is -1.94. The average molecular weight is 180 g/mol. The lowest BCUT2D eigenvalue weighted by Crippen LogP contribution is -2.19. The van der Waals surface area contributed by atoms with Crippen LogP contribution in [0.25, 0.3) is 11.0 Å². The lowest BCUT2D eigenvalue weighted by molar-refractivity contribution is 0.630. The number of para-hydroxylation sites is 1. The second-order valence-corrected chi connectivity index (χ2v) is 3.01. The summed E-state index contributed by atoms with van der Waals surface area (Å²) in [6.07, 6.45) is 0. The van der Waals surface area contributed by atoms with Crippen LogP contribution in [0.15, 0.2) is 23.0 Å². The van der Waals surface area contributed by atoms with Crippen LogP contribution in [0.5, 0.6) is 0 Å². The number of nitrogens with zero attached hydrogens (tertiary/aromatic N) is 2. The fourth-order valence-electron chi connectivity index (χ4n) is 1.53. The van der Waals surface area contributed by atoms with Crippen LogP contribution in [0.2, 0.25) is 0 Å². The van der Waals surface area contributed by atoms with E-state index >= 15 is 0 Å². The second-order valence-electron chi connectivity index (χ2n) is 3.01. The van der Waals surface area contributed by atoms with Crippen LogP contribution in [-0.4, -0.2) is 9.13 Å². The topological polar surface area (TPSA) is 26.9 Å². The van der Waals surface area contributed by atoms with Gasteiger partial charge in [-0.15, -0.1) is 0 Å². The van der Waals surface area contributed by atoms with Gasteiger partial charge in [0.2, 0.25) is 0 Å². The molecule has 0 aliphatic rings. The standard InChI is InChI=1S/C9H9FN2O/c1-11-7-5-3-4-6(10)8(7)12(2)9(11)13/h3-5H,1-2H3. The van der Waals surface area contributed by atoms with Crippen molar-refractivity contribution in [2.75, 3.05) is 0 Å². The molecule has 4 heteroatoms. The summed E-state index contributed by atoms with van der Waals surface area (Å²) in [5.74, 6) is -0.363. The van der Waals surface area contributed by atoms with Gasteiger partial charge in [0.25, 0.3) is 0 Å². The predicted octanol–water partition coefficient (Wildman–Crippen LogP) is 1.02. The van der Waals surface area contributed by atoms with E-state index in [1.54, 1.807) is 26.2 Å². The molecule has 0 N–H and O–H groups in total. The third kappa shape index (κ3) is 0.915. The first-order valence-electron chi connectivity index (χ1n) is 3.93. The Labute approximate surface area is 74.0 Å². The van der Waals surface area contributed by atoms with Crippen molar-refractivity contribution in [3.63, 3.8) is 0 Å². The minimum absolute atomic E-state index is 0.208. The van der Waals surface area contributed by atoms with E-state index in [9.17, 15) is 9.18 Å². The van der Waals surface area contributed by atoms with Gasteiger partial charge in [0.15, 0.2) is 0 Å². The molecule has 0 fully saturated rings. The van der Waals surface area contributed by atoms with Crippen molar-refractivity contribution in [2.24, 2.45) is 14.1 Å². The minimum Gasteiger partial charge on any atom is -0.295 e. The summed E-state index contributed by atoms with van der Waals surface area (Å²) in [7, 11) is 3.19. The van der Waals surface area contributed by atoms with Gasteiger partial charge in [-0.25, -0.2) is 9.18 Å². The summed E-state index contributed by atoms with van der Waals surface area (Å²) < 4.78 is 16.0. The Kier molecular flexibility index (Phi) is 1.52. The zero-order chi connectivity index (χ0) is 9.59. The maximum Gasteiger partial charge on any atom is 0.328 e. The summed E-state index contributed by atoms with van der Waals surface area (Å²) in [6.45, 7) is 0. The molecule has 1 heterocycles. The molecule has 0 saturated carbocycles. The quantitative estimate of drug-likeness (QED) is 0.594. The molecule has 2 aromatic rings. The van der Waals surface area contributed by atoms with Crippen molar-refractivity contribution < 1.29 is 4.39 Å². The Morgan fingerprint density at radius 3 is 2.54 bits per heavy atom. The first-order valence-corrected chi connectivity index (χ1v) is 3.93. The minimum atomic E-state index is -0.363. The normalized spacial score (nSPS) is 11.0. The van der Waals surface area contributed by atoms with Crippen LogP contribution >= 0.6 is 0 Å². The third-order valence-electron chi connectivity index (χ3n) is 2.24. The summed E-state index contributed by atoms with van der Waals surface area (Å²) >= 11 is 0. The van der Waals surface area contributed by atoms with Crippen LogP contribution < -0.4 is 5.69 Å². The van der Waals surface area contributed by atoms with Crippen LogP contribution in [0.3, 0.4) is 0 Å². The fraction of sp³-hybridized carbons (Fsp3) is 0.222. The Morgan fingerprint density at radius 1 is 1.23 bits per heavy atom. The summed E-state index contributed by atoms with van der Waals surface area (Å²) in [6, 6.07) is 4.67. The number of hydrogen-bond acceptors (Lipinski definition) is 1. The molecule has 0 amide bonds. The monoisotopic (exact) mass is 180 g/mol. The maximum atomic E-state index is 13.3. The smallest absolute Gasteiger partial charge is 0.295 e. The molecule has 0 atom stereocenters. The predicted molar refractivity (Wildman–Crippen MR) is 48.1 cm³/mol. The van der Waals surface area contributed by atoms with Crippen molar-refractivity contribution >= 4 is 11.0 Å². The van der Waals surface area contributed by atoms with Gasteiger partial charge in [0.05, 0.1) is 5.52 Å². The highest BCUT2D eigenvalue weighted by Crippen LogP contribution is 2.14. The molecule has 2 rings (SSSR count). The molecular weight excluding hydrogens is 171 g/mol. The second kappa shape index (κ2) is 2.45. The van der Waals surface area contributed by atoms with Crippen molar-refractivity contribution in [2.45, 2.75) is 0 Å². The van der Waals surface area contributed by atoms with Crippen LogP contribution in [0, 0.1) is 5.82 Å². The molecule has 0 radical (unpaired) electrons. The molecule has 1 aromatic carbocycles. The Hall–Kier alpha value is -1.58. The first-order chi connectivity index (χ1) is 6.13. The van der Waals surface area contributed by atoms with Crippen molar-refractivity contribution in [1.82, 2.24) is 9.13 Å². The third-order valence-corrected chi connectivity index (χ3v) is 2.24. The largest absolute Gasteiger partial charge is 0.328 e. The van der Waals surface area contributed by atoms with E-state index in [4.69, 9.17) is 0 Å². The van der Waals surface area contributed by atoms with E-state index < -0.39 is 0 Å². The fourth-order valence-corrected chi connectivity index (χ4v) is 1.53. The van der Waals surface area contributed by atoms with Gasteiger partial charge < -0.3 is 0 Å². The van der Waals surface area contributed by atoms with Crippen LogP contribution in [0.4, 0.5) is 4.39 Å². The molecule has 0 aliphatic carbocycles. The number of halogens is 1. The summed E-state index contributed by atoms with van der Waals surface area (Å²) in [5.41, 5.74) is 0.766. The maximum absolute atomic E-state index is 13.3. The number of rotatable bonds is 0. The number of benzene rings is 1. The Bertz CT molecular complexity index is 524. The summed E-state index contributed by atoms with van der Waals surface area (Å²) in [5, 5.41) is 0. The van der Waals surface area contributed by atoms with Crippen LogP contribution in [0.1, 0.15) is 0 Å². The molecule has 13 heavy (non-hydrogen) atoms. The van der Waals surface area contributed by atoms with Gasteiger partial charge in [-0.05, 0) is 12.1 Å². The van der Waals surface area contributed by atoms with Gasteiger partial charge in [0.1, 0.15) is 11.3 Å².